The van der Waals surface area contributed by atoms with Crippen LogP contribution in [0.5, 0.6) is 17.2 Å². The summed E-state index contributed by atoms with van der Waals surface area (Å²) in [5.74, 6) is 1.71. The van der Waals surface area contributed by atoms with Crippen LogP contribution in [0.3, 0.4) is 0 Å². The molecule has 2 unspecified atom stereocenters. The van der Waals surface area contributed by atoms with Crippen LogP contribution >= 0.6 is 0 Å². The molecular weight excluding hydrogens is 450 g/mol. The number of aromatic amines is 1. The quantitative estimate of drug-likeness (QED) is 0.278. The Morgan fingerprint density at radius 3 is 2.33 bits per heavy atom. The van der Waals surface area contributed by atoms with Crippen LogP contribution in [0.25, 0.3) is 21.8 Å². The highest BCUT2D eigenvalue weighted by Crippen LogP contribution is 2.46. The first-order valence-corrected chi connectivity index (χ1v) is 12.9. The maximum atomic E-state index is 14.1. The van der Waals surface area contributed by atoms with Crippen LogP contribution < -0.4 is 14.2 Å². The molecule has 5 nitrogen and oxygen atoms in total. The molecule has 1 aliphatic carbocycles. The number of carbonyl (C=O) groups excluding carboxylic acids is 1. The second-order valence-corrected chi connectivity index (χ2v) is 9.80. The van der Waals surface area contributed by atoms with E-state index < -0.39 is 0 Å². The molecule has 36 heavy (non-hydrogen) atoms. The first kappa shape index (κ1) is 24.2. The molecule has 1 heterocycles. The first-order chi connectivity index (χ1) is 17.5. The summed E-state index contributed by atoms with van der Waals surface area (Å²) in [7, 11) is 4.75. The number of ketones is 1. The predicted octanol–water partition coefficient (Wildman–Crippen LogP) is 7.37. The largest absolute Gasteiger partial charge is 0.493 e. The molecule has 0 radical (unpaired) electrons. The number of hydrogen-bond acceptors (Lipinski definition) is 4. The van der Waals surface area contributed by atoms with Gasteiger partial charge in [-0.3, -0.25) is 4.79 Å². The number of rotatable bonds is 7. The van der Waals surface area contributed by atoms with Gasteiger partial charge in [-0.2, -0.15) is 0 Å². The van der Waals surface area contributed by atoms with Gasteiger partial charge >= 0.3 is 0 Å². The molecule has 4 aromatic rings. The molecule has 5 rings (SSSR count). The van der Waals surface area contributed by atoms with Gasteiger partial charge in [-0.25, -0.2) is 0 Å². The van der Waals surface area contributed by atoms with E-state index >= 15 is 0 Å². The van der Waals surface area contributed by atoms with Crippen molar-refractivity contribution in [2.45, 2.75) is 51.9 Å². The summed E-state index contributed by atoms with van der Waals surface area (Å²) in [5.41, 5.74) is 6.91. The molecule has 1 fully saturated rings. The number of benzene rings is 3. The number of aromatic nitrogens is 1. The average Bonchev–Trinajstić information content (AvgIpc) is 3.32. The topological polar surface area (TPSA) is 60.6 Å². The third-order valence-corrected chi connectivity index (χ3v) is 8.01. The number of carbonyl (C=O) groups is 1. The lowest BCUT2D eigenvalue weighted by Gasteiger charge is -2.32. The fraction of sp³-hybridized carbons (Fsp3) is 0.387. The van der Waals surface area contributed by atoms with Crippen LogP contribution in [-0.4, -0.2) is 32.1 Å². The predicted molar refractivity (Wildman–Crippen MR) is 145 cm³/mol. The third-order valence-electron chi connectivity index (χ3n) is 8.01. The highest BCUT2D eigenvalue weighted by atomic mass is 16.5. The first-order valence-electron chi connectivity index (χ1n) is 12.9. The van der Waals surface area contributed by atoms with E-state index in [1.807, 2.05) is 0 Å². The van der Waals surface area contributed by atoms with Gasteiger partial charge in [0.25, 0.3) is 0 Å². The molecule has 3 aromatic carbocycles. The highest BCUT2D eigenvalue weighted by Gasteiger charge is 2.35. The summed E-state index contributed by atoms with van der Waals surface area (Å²) >= 11 is 0. The lowest BCUT2D eigenvalue weighted by molar-refractivity contribution is 0.0867. The van der Waals surface area contributed by atoms with Crippen molar-refractivity contribution < 1.29 is 19.0 Å². The van der Waals surface area contributed by atoms with E-state index in [0.29, 0.717) is 22.8 Å². The number of ether oxygens (including phenoxy) is 3. The van der Waals surface area contributed by atoms with Crippen LogP contribution in [0.2, 0.25) is 0 Å². The van der Waals surface area contributed by atoms with Crippen molar-refractivity contribution >= 4 is 27.6 Å². The van der Waals surface area contributed by atoms with Gasteiger partial charge < -0.3 is 19.2 Å². The molecule has 0 bridgehead atoms. The van der Waals surface area contributed by atoms with E-state index in [1.54, 1.807) is 33.5 Å². The van der Waals surface area contributed by atoms with Crippen molar-refractivity contribution in [1.82, 2.24) is 4.98 Å². The van der Waals surface area contributed by atoms with Crippen molar-refractivity contribution in [1.29, 1.82) is 0 Å². The lowest BCUT2D eigenvalue weighted by Crippen LogP contribution is -2.26. The summed E-state index contributed by atoms with van der Waals surface area (Å²) in [6.45, 7) is 4.42. The zero-order valence-corrected chi connectivity index (χ0v) is 21.9. The Bertz CT molecular complexity index is 1410. The van der Waals surface area contributed by atoms with Gasteiger partial charge in [-0.05, 0) is 67.0 Å². The van der Waals surface area contributed by atoms with E-state index in [9.17, 15) is 4.79 Å². The third kappa shape index (κ3) is 3.91. The highest BCUT2D eigenvalue weighted by molar-refractivity contribution is 6.11. The lowest BCUT2D eigenvalue weighted by atomic mass is 9.71. The number of nitrogens with one attached hydrogen (secondary N) is 1. The number of para-hydroxylation sites is 1. The van der Waals surface area contributed by atoms with Crippen molar-refractivity contribution in [2.75, 3.05) is 21.3 Å². The second-order valence-electron chi connectivity index (χ2n) is 9.80. The monoisotopic (exact) mass is 485 g/mol. The Kier molecular flexibility index (Phi) is 6.65. The molecule has 5 heteroatoms. The average molecular weight is 486 g/mol. The molecule has 1 saturated carbocycles. The van der Waals surface area contributed by atoms with Gasteiger partial charge in [0.05, 0.1) is 21.3 Å². The van der Waals surface area contributed by atoms with Crippen molar-refractivity contribution in [3.63, 3.8) is 0 Å². The number of fused-ring (bicyclic) bond motifs is 3. The minimum absolute atomic E-state index is 0.106. The molecule has 188 valence electrons. The number of methoxy groups -OCH3 is 3. The maximum absolute atomic E-state index is 14.1. The van der Waals surface area contributed by atoms with E-state index in [4.69, 9.17) is 14.2 Å². The summed E-state index contributed by atoms with van der Waals surface area (Å²) in [6, 6.07) is 14.5. The molecule has 0 saturated heterocycles. The Hall–Kier alpha value is -3.47. The SMILES string of the molecule is CCc1cc(C2CCCCC2C(=O)c2cc(OC)c(OC)c(OC)c2)c2c([nH]c3ccccc32)c1C. The summed E-state index contributed by atoms with van der Waals surface area (Å²) in [6.07, 6.45) is 5.02. The standard InChI is InChI=1S/C31H35NO4/c1-6-19-15-24(28-23-13-9-10-14-25(23)32-29(28)18(19)2)21-11-7-8-12-22(21)30(33)20-16-26(34-3)31(36-5)27(17-20)35-4/h9-10,13-17,21-22,32H,6-8,11-12H2,1-5H3. The van der Waals surface area contributed by atoms with Crippen molar-refractivity contribution in [2.24, 2.45) is 5.92 Å². The van der Waals surface area contributed by atoms with Gasteiger partial charge in [0.15, 0.2) is 17.3 Å². The Balaban J connectivity index is 1.67. The number of H-pyrrole nitrogens is 1. The zero-order chi connectivity index (χ0) is 25.4. The molecule has 1 N–H and O–H groups in total. The van der Waals surface area contributed by atoms with Crippen molar-refractivity contribution in [3.05, 3.63) is 64.7 Å². The van der Waals surface area contributed by atoms with Crippen LogP contribution in [0.4, 0.5) is 0 Å². The molecule has 2 atom stereocenters. The minimum Gasteiger partial charge on any atom is -0.493 e. The van der Waals surface area contributed by atoms with Gasteiger partial charge in [0, 0.05) is 33.3 Å². The summed E-state index contributed by atoms with van der Waals surface area (Å²) in [5, 5.41) is 2.51. The van der Waals surface area contributed by atoms with E-state index in [0.717, 1.165) is 37.6 Å². The summed E-state index contributed by atoms with van der Waals surface area (Å²) in [4.78, 5) is 17.8. The molecule has 1 aromatic heterocycles. The summed E-state index contributed by atoms with van der Waals surface area (Å²) < 4.78 is 16.6. The Labute approximate surface area is 212 Å². The maximum Gasteiger partial charge on any atom is 0.203 e. The second kappa shape index (κ2) is 9.88. The van der Waals surface area contributed by atoms with Gasteiger partial charge in [0.1, 0.15) is 0 Å². The van der Waals surface area contributed by atoms with Crippen LogP contribution in [0.15, 0.2) is 42.5 Å². The fourth-order valence-electron chi connectivity index (χ4n) is 6.17. The number of hydrogen-bond donors (Lipinski definition) is 1. The molecule has 0 amide bonds. The van der Waals surface area contributed by atoms with Gasteiger partial charge in [0.2, 0.25) is 5.75 Å². The normalized spacial score (nSPS) is 17.9. The fourth-order valence-corrected chi connectivity index (χ4v) is 6.17. The van der Waals surface area contributed by atoms with Gasteiger partial charge in [-0.15, -0.1) is 0 Å². The van der Waals surface area contributed by atoms with Gasteiger partial charge in [-0.1, -0.05) is 44.0 Å². The number of Topliss-reactive ketones (excluding diaryl/α,β-unsaturated/α-hetero) is 1. The van der Waals surface area contributed by atoms with Crippen LogP contribution in [-0.2, 0) is 6.42 Å². The van der Waals surface area contributed by atoms with Crippen molar-refractivity contribution in [3.8, 4) is 17.2 Å². The molecule has 0 spiro atoms. The Morgan fingerprint density at radius 1 is 0.972 bits per heavy atom. The smallest absolute Gasteiger partial charge is 0.203 e. The zero-order valence-electron chi connectivity index (χ0n) is 21.9. The Morgan fingerprint density at radius 2 is 1.67 bits per heavy atom. The molecule has 1 aliphatic rings. The van der Waals surface area contributed by atoms with E-state index in [-0.39, 0.29) is 17.6 Å². The molecular formula is C31H35NO4. The van der Waals surface area contributed by atoms with E-state index in [1.165, 1.54) is 33.0 Å². The minimum atomic E-state index is -0.106. The van der Waals surface area contributed by atoms with E-state index in [2.05, 4.69) is 49.2 Å². The molecule has 0 aliphatic heterocycles. The number of aryl methyl sites for hydroxylation is 2. The van der Waals surface area contributed by atoms with Crippen LogP contribution in [0, 0.1) is 12.8 Å². The van der Waals surface area contributed by atoms with Crippen LogP contribution in [0.1, 0.15) is 65.6 Å².